The maximum atomic E-state index is 12.2. The lowest BCUT2D eigenvalue weighted by molar-refractivity contribution is 0.0896. The van der Waals surface area contributed by atoms with Crippen LogP contribution in [0.4, 0.5) is 0 Å². The van der Waals surface area contributed by atoms with E-state index in [-0.39, 0.29) is 21.5 Å². The minimum atomic E-state index is -3.90. The summed E-state index contributed by atoms with van der Waals surface area (Å²) in [5.74, 6) is 0.205. The predicted octanol–water partition coefficient (Wildman–Crippen LogP) is 2.28. The van der Waals surface area contributed by atoms with Gasteiger partial charge in [0.1, 0.15) is 0 Å². The molecule has 1 fully saturated rings. The number of carbonyl (C=O) groups is 1. The molecule has 1 aromatic carbocycles. The normalized spacial score (nSPS) is 22.2. The first-order chi connectivity index (χ1) is 9.18. The summed E-state index contributed by atoms with van der Waals surface area (Å²) in [5.41, 5.74) is 0.101. The average molecular weight is 382 g/mol. The molecule has 110 valence electrons. The summed E-state index contributed by atoms with van der Waals surface area (Å²) in [6.45, 7) is 2.11. The van der Waals surface area contributed by atoms with Gasteiger partial charge < -0.3 is 5.32 Å². The number of rotatable bonds is 3. The lowest BCUT2D eigenvalue weighted by atomic mass is 9.82. The fourth-order valence-corrected chi connectivity index (χ4v) is 3.55. The van der Waals surface area contributed by atoms with E-state index in [0.717, 1.165) is 12.8 Å². The highest BCUT2D eigenvalue weighted by Crippen LogP contribution is 2.31. The molecule has 0 bridgehead atoms. The van der Waals surface area contributed by atoms with Crippen LogP contribution >= 0.6 is 27.5 Å². The summed E-state index contributed by atoms with van der Waals surface area (Å²) in [6.07, 6.45) is 1.83. The molecular formula is C12H14BrClN2O3S. The van der Waals surface area contributed by atoms with Gasteiger partial charge in [-0.15, -0.1) is 0 Å². The molecule has 20 heavy (non-hydrogen) atoms. The van der Waals surface area contributed by atoms with Crippen LogP contribution in [-0.2, 0) is 10.0 Å². The molecule has 0 aromatic heterocycles. The zero-order valence-corrected chi connectivity index (χ0v) is 13.8. The molecule has 8 heteroatoms. The van der Waals surface area contributed by atoms with Gasteiger partial charge in [0.15, 0.2) is 0 Å². The zero-order chi connectivity index (χ0) is 15.1. The van der Waals surface area contributed by atoms with Gasteiger partial charge in [-0.25, -0.2) is 13.6 Å². The molecule has 3 N–H and O–H groups in total. The smallest absolute Gasteiger partial charge is 0.253 e. The van der Waals surface area contributed by atoms with E-state index < -0.39 is 15.9 Å². The number of nitrogens with one attached hydrogen (secondary N) is 1. The van der Waals surface area contributed by atoms with Crippen molar-refractivity contribution < 1.29 is 13.2 Å². The number of hydrogen-bond acceptors (Lipinski definition) is 3. The van der Waals surface area contributed by atoms with Gasteiger partial charge in [-0.3, -0.25) is 4.79 Å². The highest BCUT2D eigenvalue weighted by Gasteiger charge is 2.28. The largest absolute Gasteiger partial charge is 0.349 e. The van der Waals surface area contributed by atoms with E-state index in [1.807, 2.05) is 0 Å². The predicted molar refractivity (Wildman–Crippen MR) is 80.2 cm³/mol. The van der Waals surface area contributed by atoms with Gasteiger partial charge in [-0.2, -0.15) is 0 Å². The van der Waals surface area contributed by atoms with Crippen molar-refractivity contribution in [2.75, 3.05) is 0 Å². The van der Waals surface area contributed by atoms with Gasteiger partial charge in [-0.05, 0) is 46.8 Å². The van der Waals surface area contributed by atoms with Crippen LogP contribution in [0.15, 0.2) is 21.5 Å². The van der Waals surface area contributed by atoms with Crippen molar-refractivity contribution in [2.24, 2.45) is 11.1 Å². The van der Waals surface area contributed by atoms with Crippen LogP contribution in [0.5, 0.6) is 0 Å². The van der Waals surface area contributed by atoms with Crippen molar-refractivity contribution in [1.82, 2.24) is 5.32 Å². The van der Waals surface area contributed by atoms with Crippen LogP contribution < -0.4 is 10.5 Å². The Kier molecular flexibility index (Phi) is 4.44. The lowest BCUT2D eigenvalue weighted by Gasteiger charge is -2.33. The third-order valence-electron chi connectivity index (χ3n) is 3.28. The van der Waals surface area contributed by atoms with Crippen molar-refractivity contribution in [3.8, 4) is 0 Å². The van der Waals surface area contributed by atoms with Crippen LogP contribution in [0.3, 0.4) is 0 Å². The number of nitrogens with two attached hydrogens (primary N) is 1. The van der Waals surface area contributed by atoms with Gasteiger partial charge in [0.2, 0.25) is 10.0 Å². The minimum Gasteiger partial charge on any atom is -0.349 e. The second kappa shape index (κ2) is 5.63. The monoisotopic (exact) mass is 380 g/mol. The third kappa shape index (κ3) is 3.33. The molecule has 0 aliphatic heterocycles. The second-order valence-corrected chi connectivity index (χ2v) is 7.85. The van der Waals surface area contributed by atoms with Gasteiger partial charge in [-0.1, -0.05) is 18.5 Å². The summed E-state index contributed by atoms with van der Waals surface area (Å²) in [4.78, 5) is 12.0. The number of carbonyl (C=O) groups excluding carboxylic acids is 1. The maximum Gasteiger partial charge on any atom is 0.253 e. The molecule has 0 saturated heterocycles. The van der Waals surface area contributed by atoms with Crippen molar-refractivity contribution in [2.45, 2.75) is 30.7 Å². The highest BCUT2D eigenvalue weighted by atomic mass is 79.9. The number of primary sulfonamides is 1. The molecule has 2 rings (SSSR count). The molecule has 1 aromatic rings. The topological polar surface area (TPSA) is 89.3 Å². The Balaban J connectivity index is 2.30. The maximum absolute atomic E-state index is 12.2. The van der Waals surface area contributed by atoms with Crippen LogP contribution in [0.25, 0.3) is 0 Å². The first-order valence-electron chi connectivity index (χ1n) is 6.01. The summed E-state index contributed by atoms with van der Waals surface area (Å²) in [5, 5.41) is 8.08. The summed E-state index contributed by atoms with van der Waals surface area (Å²) in [6, 6.07) is 2.59. The Morgan fingerprint density at radius 3 is 2.55 bits per heavy atom. The highest BCUT2D eigenvalue weighted by molar-refractivity contribution is 9.10. The molecule has 1 aliphatic carbocycles. The van der Waals surface area contributed by atoms with E-state index in [9.17, 15) is 13.2 Å². The van der Waals surface area contributed by atoms with E-state index in [2.05, 4.69) is 28.2 Å². The molecule has 0 spiro atoms. The molecular weight excluding hydrogens is 368 g/mol. The van der Waals surface area contributed by atoms with Gasteiger partial charge >= 0.3 is 0 Å². The standard InChI is InChI=1S/C12H14BrClN2O3S/c1-6-2-7(3-6)16-12(17)9-4-8(20(15,18)19)5-10(13)11(9)14/h4-7H,2-3H2,1H3,(H,16,17)(H2,15,18,19). The molecule has 5 nitrogen and oxygen atoms in total. The molecule has 0 heterocycles. The Hall–Kier alpha value is -0.630. The van der Waals surface area contributed by atoms with Crippen LogP contribution in [0.1, 0.15) is 30.1 Å². The number of amides is 1. The van der Waals surface area contributed by atoms with Crippen LogP contribution in [-0.4, -0.2) is 20.4 Å². The van der Waals surface area contributed by atoms with E-state index in [0.29, 0.717) is 10.4 Å². The number of benzene rings is 1. The van der Waals surface area contributed by atoms with Gasteiger partial charge in [0.05, 0.1) is 15.5 Å². The van der Waals surface area contributed by atoms with E-state index in [4.69, 9.17) is 16.7 Å². The van der Waals surface area contributed by atoms with Gasteiger partial charge in [0.25, 0.3) is 5.91 Å². The second-order valence-electron chi connectivity index (χ2n) is 5.06. The third-order valence-corrected chi connectivity index (χ3v) is 5.44. The molecule has 1 aliphatic rings. The summed E-state index contributed by atoms with van der Waals surface area (Å²) < 4.78 is 23.1. The van der Waals surface area contributed by atoms with Crippen molar-refractivity contribution in [3.63, 3.8) is 0 Å². The van der Waals surface area contributed by atoms with Crippen molar-refractivity contribution in [1.29, 1.82) is 0 Å². The van der Waals surface area contributed by atoms with Crippen LogP contribution in [0, 0.1) is 5.92 Å². The zero-order valence-electron chi connectivity index (χ0n) is 10.7. The molecule has 1 saturated carbocycles. The first-order valence-corrected chi connectivity index (χ1v) is 8.73. The van der Waals surface area contributed by atoms with E-state index in [1.165, 1.54) is 12.1 Å². The Labute approximate surface area is 131 Å². The van der Waals surface area contributed by atoms with Crippen molar-refractivity contribution in [3.05, 3.63) is 27.2 Å². The number of halogens is 2. The average Bonchev–Trinajstić information content (AvgIpc) is 2.28. The quantitative estimate of drug-likeness (QED) is 0.841. The Bertz CT molecular complexity index is 657. The van der Waals surface area contributed by atoms with Gasteiger partial charge in [0, 0.05) is 10.5 Å². The first kappa shape index (κ1) is 15.8. The van der Waals surface area contributed by atoms with E-state index in [1.54, 1.807) is 0 Å². The fourth-order valence-electron chi connectivity index (χ4n) is 2.18. The number of hydrogen-bond donors (Lipinski definition) is 2. The fraction of sp³-hybridized carbons (Fsp3) is 0.417. The van der Waals surface area contributed by atoms with Crippen LogP contribution in [0.2, 0.25) is 5.02 Å². The lowest BCUT2D eigenvalue weighted by Crippen LogP contribution is -2.43. The van der Waals surface area contributed by atoms with Crippen molar-refractivity contribution >= 4 is 43.5 Å². The number of sulfonamides is 1. The Morgan fingerprint density at radius 2 is 2.05 bits per heavy atom. The van der Waals surface area contributed by atoms with E-state index >= 15 is 0 Å². The Morgan fingerprint density at radius 1 is 1.45 bits per heavy atom. The molecule has 0 unspecified atom stereocenters. The summed E-state index contributed by atoms with van der Waals surface area (Å²) in [7, 11) is -3.90. The minimum absolute atomic E-state index is 0.101. The molecule has 1 amide bonds. The summed E-state index contributed by atoms with van der Waals surface area (Å²) >= 11 is 9.17. The molecule has 0 radical (unpaired) electrons. The SMILES string of the molecule is CC1CC(NC(=O)c2cc(S(N)(=O)=O)cc(Br)c2Cl)C1. The molecule has 0 atom stereocenters.